The highest BCUT2D eigenvalue weighted by Gasteiger charge is 2.08. The molecule has 0 saturated heterocycles. The Hall–Kier alpha value is -3.04. The number of ether oxygens (including phenoxy) is 4. The molecule has 0 amide bonds. The minimum absolute atomic E-state index is 0.224. The van der Waals surface area contributed by atoms with Gasteiger partial charge in [0.2, 0.25) is 35.4 Å². The maximum Gasteiger partial charge on any atom is 0.248 e. The van der Waals surface area contributed by atoms with E-state index in [4.69, 9.17) is 18.9 Å². The van der Waals surface area contributed by atoms with Crippen LogP contribution in [0.1, 0.15) is 0 Å². The van der Waals surface area contributed by atoms with E-state index in [-0.39, 0.29) is 11.9 Å². The van der Waals surface area contributed by atoms with Gasteiger partial charge in [-0.15, -0.1) is 0 Å². The van der Waals surface area contributed by atoms with Gasteiger partial charge in [0.25, 0.3) is 0 Å². The van der Waals surface area contributed by atoms with E-state index in [1.54, 1.807) is 12.1 Å². The highest BCUT2D eigenvalue weighted by atomic mass is 16.5. The van der Waals surface area contributed by atoms with Crippen molar-refractivity contribution in [3.8, 4) is 23.5 Å². The molecule has 2 heterocycles. The van der Waals surface area contributed by atoms with Crippen molar-refractivity contribution in [1.82, 2.24) is 19.9 Å². The topological polar surface area (TPSA) is 113 Å². The number of nitrogens with zero attached hydrogens (tertiary/aromatic N) is 4. The van der Waals surface area contributed by atoms with Crippen LogP contribution in [0.2, 0.25) is 0 Å². The molecular weight excluding hydrogens is 292 g/mol. The molecule has 0 aliphatic heterocycles. The number of hydrazine groups is 1. The van der Waals surface area contributed by atoms with Gasteiger partial charge in [-0.3, -0.25) is 10.9 Å². The fraction of sp³-hybridized carbons (Fsp3) is 0.333. The number of anilines is 2. The number of aromatic nitrogens is 4. The van der Waals surface area contributed by atoms with Gasteiger partial charge in [-0.1, -0.05) is 0 Å². The standard InChI is InChI=1S/C12H16N6O4/c1-19-7-5-8(20-2)14-11(13-7)17-18-12-15-9(21-3)6-10(16-12)22-4/h5-6H,1-4H3,(H,13,14,17)(H,15,16,18). The molecule has 10 nitrogen and oxygen atoms in total. The SMILES string of the molecule is COc1cc(OC)nc(NNc2nc(OC)cc(OC)n2)n1. The zero-order valence-corrected chi connectivity index (χ0v) is 12.6. The van der Waals surface area contributed by atoms with Crippen LogP contribution < -0.4 is 29.8 Å². The number of rotatable bonds is 7. The Morgan fingerprint density at radius 2 is 0.864 bits per heavy atom. The van der Waals surface area contributed by atoms with Crippen LogP contribution in [0.5, 0.6) is 23.5 Å². The van der Waals surface area contributed by atoms with E-state index in [1.807, 2.05) is 0 Å². The zero-order valence-electron chi connectivity index (χ0n) is 12.6. The van der Waals surface area contributed by atoms with Gasteiger partial charge in [0.15, 0.2) is 0 Å². The molecule has 2 aromatic rings. The Kier molecular flexibility index (Phi) is 4.96. The molecule has 10 heteroatoms. The third kappa shape index (κ3) is 3.75. The summed E-state index contributed by atoms with van der Waals surface area (Å²) in [6.45, 7) is 0. The maximum absolute atomic E-state index is 5.05. The molecule has 0 aliphatic carbocycles. The Morgan fingerprint density at radius 1 is 0.591 bits per heavy atom. The van der Waals surface area contributed by atoms with Crippen molar-refractivity contribution in [3.05, 3.63) is 12.1 Å². The summed E-state index contributed by atoms with van der Waals surface area (Å²) >= 11 is 0. The molecule has 0 unspecified atom stereocenters. The monoisotopic (exact) mass is 308 g/mol. The lowest BCUT2D eigenvalue weighted by Crippen LogP contribution is -2.15. The van der Waals surface area contributed by atoms with Crippen molar-refractivity contribution in [3.63, 3.8) is 0 Å². The van der Waals surface area contributed by atoms with Gasteiger partial charge in [-0.05, 0) is 0 Å². The molecule has 0 radical (unpaired) electrons. The van der Waals surface area contributed by atoms with Crippen molar-refractivity contribution < 1.29 is 18.9 Å². The first-order valence-electron chi connectivity index (χ1n) is 6.14. The van der Waals surface area contributed by atoms with Crippen LogP contribution in [-0.2, 0) is 0 Å². The molecule has 0 aliphatic rings. The van der Waals surface area contributed by atoms with E-state index in [0.717, 1.165) is 0 Å². The molecular formula is C12H16N6O4. The molecule has 0 saturated carbocycles. The molecule has 0 aromatic carbocycles. The van der Waals surface area contributed by atoms with Crippen LogP contribution >= 0.6 is 0 Å². The lowest BCUT2D eigenvalue weighted by molar-refractivity contribution is 0.372. The van der Waals surface area contributed by atoms with Crippen LogP contribution in [0.3, 0.4) is 0 Å². The van der Waals surface area contributed by atoms with Crippen molar-refractivity contribution in [2.45, 2.75) is 0 Å². The van der Waals surface area contributed by atoms with Crippen LogP contribution in [-0.4, -0.2) is 48.4 Å². The summed E-state index contributed by atoms with van der Waals surface area (Å²) in [5.74, 6) is 1.84. The number of hydrogen-bond acceptors (Lipinski definition) is 10. The third-order valence-corrected chi connectivity index (χ3v) is 2.48. The molecule has 2 aromatic heterocycles. The molecule has 22 heavy (non-hydrogen) atoms. The van der Waals surface area contributed by atoms with E-state index in [0.29, 0.717) is 23.5 Å². The predicted octanol–water partition coefficient (Wildman–Crippen LogP) is 0.740. The summed E-state index contributed by atoms with van der Waals surface area (Å²) in [7, 11) is 5.98. The van der Waals surface area contributed by atoms with Crippen LogP contribution in [0.4, 0.5) is 11.9 Å². The predicted molar refractivity (Wildman–Crippen MR) is 77.5 cm³/mol. The smallest absolute Gasteiger partial charge is 0.248 e. The minimum Gasteiger partial charge on any atom is -0.481 e. The number of methoxy groups -OCH3 is 4. The first-order valence-corrected chi connectivity index (χ1v) is 6.14. The zero-order chi connectivity index (χ0) is 15.9. The van der Waals surface area contributed by atoms with Gasteiger partial charge < -0.3 is 18.9 Å². The lowest BCUT2D eigenvalue weighted by Gasteiger charge is -2.10. The van der Waals surface area contributed by atoms with E-state index < -0.39 is 0 Å². The highest BCUT2D eigenvalue weighted by molar-refractivity contribution is 5.41. The molecule has 2 rings (SSSR count). The summed E-state index contributed by atoms with van der Waals surface area (Å²) in [5, 5.41) is 0. The largest absolute Gasteiger partial charge is 0.481 e. The normalized spacial score (nSPS) is 9.82. The summed E-state index contributed by atoms with van der Waals surface area (Å²) in [5.41, 5.74) is 5.49. The molecule has 0 fully saturated rings. The summed E-state index contributed by atoms with van der Waals surface area (Å²) in [6, 6.07) is 3.10. The van der Waals surface area contributed by atoms with Gasteiger partial charge in [0.1, 0.15) is 0 Å². The lowest BCUT2D eigenvalue weighted by atomic mass is 10.6. The van der Waals surface area contributed by atoms with Crippen LogP contribution in [0, 0.1) is 0 Å². The van der Waals surface area contributed by atoms with E-state index >= 15 is 0 Å². The first-order chi connectivity index (χ1) is 10.7. The maximum atomic E-state index is 5.05. The summed E-state index contributed by atoms with van der Waals surface area (Å²) in [4.78, 5) is 16.4. The fourth-order valence-corrected chi connectivity index (χ4v) is 1.45. The summed E-state index contributed by atoms with van der Waals surface area (Å²) in [6.07, 6.45) is 0. The van der Waals surface area contributed by atoms with Gasteiger partial charge in [0.05, 0.1) is 40.6 Å². The van der Waals surface area contributed by atoms with Crippen LogP contribution in [0.15, 0.2) is 12.1 Å². The van der Waals surface area contributed by atoms with E-state index in [2.05, 4.69) is 30.8 Å². The molecule has 2 N–H and O–H groups in total. The third-order valence-electron chi connectivity index (χ3n) is 2.48. The summed E-state index contributed by atoms with van der Waals surface area (Å²) < 4.78 is 20.2. The number of nitrogens with one attached hydrogen (secondary N) is 2. The van der Waals surface area contributed by atoms with Gasteiger partial charge in [0, 0.05) is 0 Å². The number of hydrogen-bond donors (Lipinski definition) is 2. The second-order valence-electron chi connectivity index (χ2n) is 3.80. The van der Waals surface area contributed by atoms with Crippen molar-refractivity contribution in [2.24, 2.45) is 0 Å². The second kappa shape index (κ2) is 7.11. The molecule has 0 atom stereocenters. The fourth-order valence-electron chi connectivity index (χ4n) is 1.45. The van der Waals surface area contributed by atoms with Crippen LogP contribution in [0.25, 0.3) is 0 Å². The Labute approximate surface area is 126 Å². The van der Waals surface area contributed by atoms with Crippen molar-refractivity contribution >= 4 is 11.9 Å². The van der Waals surface area contributed by atoms with E-state index in [1.165, 1.54) is 28.4 Å². The average Bonchev–Trinajstić information content (AvgIpc) is 2.59. The van der Waals surface area contributed by atoms with Gasteiger partial charge >= 0.3 is 0 Å². The van der Waals surface area contributed by atoms with Gasteiger partial charge in [-0.2, -0.15) is 19.9 Å². The molecule has 0 spiro atoms. The molecule has 118 valence electrons. The Bertz CT molecular complexity index is 539. The first kappa shape index (κ1) is 15.4. The molecule has 0 bridgehead atoms. The average molecular weight is 308 g/mol. The quantitative estimate of drug-likeness (QED) is 0.710. The Balaban J connectivity index is 2.15. The highest BCUT2D eigenvalue weighted by Crippen LogP contribution is 2.19. The minimum atomic E-state index is 0.224. The van der Waals surface area contributed by atoms with Crippen molar-refractivity contribution in [2.75, 3.05) is 39.3 Å². The Morgan fingerprint density at radius 3 is 1.09 bits per heavy atom. The van der Waals surface area contributed by atoms with E-state index in [9.17, 15) is 0 Å². The second-order valence-corrected chi connectivity index (χ2v) is 3.80. The van der Waals surface area contributed by atoms with Gasteiger partial charge in [-0.25, -0.2) is 0 Å². The van der Waals surface area contributed by atoms with Crippen molar-refractivity contribution in [1.29, 1.82) is 0 Å².